The summed E-state index contributed by atoms with van der Waals surface area (Å²) in [4.78, 5) is 17.6. The van der Waals surface area contributed by atoms with Crippen LogP contribution in [0.4, 0.5) is 0 Å². The van der Waals surface area contributed by atoms with Gasteiger partial charge in [-0.3, -0.25) is 9.69 Å². The Labute approximate surface area is 180 Å². The van der Waals surface area contributed by atoms with Gasteiger partial charge in [-0.05, 0) is 80.9 Å². The maximum atomic E-state index is 12.9. The van der Waals surface area contributed by atoms with Crippen LogP contribution in [-0.2, 0) is 13.1 Å². The fourth-order valence-corrected chi connectivity index (χ4v) is 5.39. The van der Waals surface area contributed by atoms with Gasteiger partial charge in [-0.1, -0.05) is 42.0 Å². The Morgan fingerprint density at radius 2 is 1.83 bits per heavy atom. The number of hydrogen-bond donors (Lipinski definition) is 1. The maximum Gasteiger partial charge on any atom is 0.254 e. The lowest BCUT2D eigenvalue weighted by Gasteiger charge is -2.32. The third-order valence-corrected chi connectivity index (χ3v) is 7.26. The number of nitrogens with zero attached hydrogens (tertiary/aromatic N) is 2. The molecule has 4 heteroatoms. The SMILES string of the molecule is Cc1ccc(CN2CCC(c3ccc4c(c3)CN(C3CCCNC3)C4=O)CC2)cc1. The molecule has 3 heterocycles. The van der Waals surface area contributed by atoms with Crippen LogP contribution in [0.15, 0.2) is 42.5 Å². The van der Waals surface area contributed by atoms with E-state index in [1.54, 1.807) is 0 Å². The second-order valence-electron chi connectivity index (χ2n) is 9.39. The van der Waals surface area contributed by atoms with Gasteiger partial charge in [0.05, 0.1) is 0 Å². The molecular formula is C26H33N3O. The van der Waals surface area contributed by atoms with Crippen molar-refractivity contribution in [2.45, 2.75) is 57.7 Å². The molecule has 0 aromatic heterocycles. The number of aryl methyl sites for hydroxylation is 1. The second kappa shape index (κ2) is 8.52. The van der Waals surface area contributed by atoms with E-state index in [1.807, 2.05) is 0 Å². The molecule has 2 aromatic carbocycles. The lowest BCUT2D eigenvalue weighted by atomic mass is 9.87. The zero-order valence-corrected chi connectivity index (χ0v) is 18.1. The zero-order chi connectivity index (χ0) is 20.5. The fourth-order valence-electron chi connectivity index (χ4n) is 5.39. The van der Waals surface area contributed by atoms with Crippen molar-refractivity contribution in [2.75, 3.05) is 26.2 Å². The van der Waals surface area contributed by atoms with E-state index in [0.717, 1.165) is 57.7 Å². The highest BCUT2D eigenvalue weighted by Crippen LogP contribution is 2.33. The number of rotatable bonds is 4. The number of fused-ring (bicyclic) bond motifs is 1. The van der Waals surface area contributed by atoms with E-state index in [4.69, 9.17) is 0 Å². The third kappa shape index (κ3) is 4.03. The zero-order valence-electron chi connectivity index (χ0n) is 18.1. The normalized spacial score (nSPS) is 23.0. The van der Waals surface area contributed by atoms with Crippen LogP contribution >= 0.6 is 0 Å². The van der Waals surface area contributed by atoms with Crippen molar-refractivity contribution in [3.63, 3.8) is 0 Å². The summed E-state index contributed by atoms with van der Waals surface area (Å²) in [5.74, 6) is 0.850. The molecule has 2 fully saturated rings. The van der Waals surface area contributed by atoms with E-state index in [1.165, 1.54) is 35.1 Å². The number of carbonyl (C=O) groups excluding carboxylic acids is 1. The minimum Gasteiger partial charge on any atom is -0.330 e. The molecule has 0 bridgehead atoms. The molecule has 2 aromatic rings. The molecule has 158 valence electrons. The molecule has 0 spiro atoms. The molecule has 3 aliphatic heterocycles. The summed E-state index contributed by atoms with van der Waals surface area (Å²) in [6, 6.07) is 15.9. The number of nitrogens with one attached hydrogen (secondary N) is 1. The third-order valence-electron chi connectivity index (χ3n) is 7.26. The molecule has 5 rings (SSSR count). The molecule has 4 nitrogen and oxygen atoms in total. The van der Waals surface area contributed by atoms with Crippen LogP contribution in [0.1, 0.15) is 64.2 Å². The summed E-state index contributed by atoms with van der Waals surface area (Å²) in [6.45, 7) is 8.30. The summed E-state index contributed by atoms with van der Waals surface area (Å²) in [6.07, 6.45) is 4.69. The minimum absolute atomic E-state index is 0.234. The van der Waals surface area contributed by atoms with E-state index in [-0.39, 0.29) is 5.91 Å². The Balaban J connectivity index is 1.21. The largest absolute Gasteiger partial charge is 0.330 e. The number of amides is 1. The summed E-state index contributed by atoms with van der Waals surface area (Å²) in [5.41, 5.74) is 6.34. The molecule has 1 unspecified atom stereocenters. The van der Waals surface area contributed by atoms with Crippen molar-refractivity contribution >= 4 is 5.91 Å². The summed E-state index contributed by atoms with van der Waals surface area (Å²) >= 11 is 0. The Hall–Kier alpha value is -2.17. The molecule has 30 heavy (non-hydrogen) atoms. The Kier molecular flexibility index (Phi) is 5.62. The molecule has 0 radical (unpaired) electrons. The van der Waals surface area contributed by atoms with E-state index in [0.29, 0.717) is 12.0 Å². The Bertz CT molecular complexity index is 893. The van der Waals surface area contributed by atoms with Crippen molar-refractivity contribution in [1.29, 1.82) is 0 Å². The van der Waals surface area contributed by atoms with Gasteiger partial charge in [0.25, 0.3) is 5.91 Å². The van der Waals surface area contributed by atoms with E-state index >= 15 is 0 Å². The average molecular weight is 404 g/mol. The minimum atomic E-state index is 0.234. The smallest absolute Gasteiger partial charge is 0.254 e. The Morgan fingerprint density at radius 3 is 2.57 bits per heavy atom. The summed E-state index contributed by atoms with van der Waals surface area (Å²) in [7, 11) is 0. The second-order valence-corrected chi connectivity index (χ2v) is 9.39. The number of carbonyl (C=O) groups is 1. The highest BCUT2D eigenvalue weighted by molar-refractivity contribution is 5.98. The number of piperidine rings is 2. The standard InChI is InChI=1S/C26H33N3O/c1-19-4-6-20(7-5-19)17-28-13-10-21(11-14-28)22-8-9-25-23(15-22)18-29(26(25)30)24-3-2-12-27-16-24/h4-9,15,21,24,27H,2-3,10-14,16-18H2,1H3. The van der Waals surface area contributed by atoms with Gasteiger partial charge >= 0.3 is 0 Å². The van der Waals surface area contributed by atoms with Crippen LogP contribution in [0, 0.1) is 6.92 Å². The summed E-state index contributed by atoms with van der Waals surface area (Å²) in [5, 5.41) is 3.45. The van der Waals surface area contributed by atoms with Gasteiger partial charge in [0, 0.05) is 31.2 Å². The van der Waals surface area contributed by atoms with Crippen molar-refractivity contribution in [3.8, 4) is 0 Å². The van der Waals surface area contributed by atoms with E-state index in [9.17, 15) is 4.79 Å². The highest BCUT2D eigenvalue weighted by atomic mass is 16.2. The maximum absolute atomic E-state index is 12.9. The van der Waals surface area contributed by atoms with Gasteiger partial charge < -0.3 is 10.2 Å². The lowest BCUT2D eigenvalue weighted by molar-refractivity contribution is 0.0674. The molecule has 2 saturated heterocycles. The first-order chi connectivity index (χ1) is 14.7. The molecule has 0 aliphatic carbocycles. The van der Waals surface area contributed by atoms with Gasteiger partial charge in [0.1, 0.15) is 0 Å². The van der Waals surface area contributed by atoms with Crippen molar-refractivity contribution in [3.05, 3.63) is 70.3 Å². The molecule has 1 atom stereocenters. The van der Waals surface area contributed by atoms with Crippen LogP contribution in [-0.4, -0.2) is 47.9 Å². The first-order valence-corrected chi connectivity index (χ1v) is 11.6. The number of benzene rings is 2. The van der Waals surface area contributed by atoms with Crippen LogP contribution in [0.5, 0.6) is 0 Å². The van der Waals surface area contributed by atoms with Crippen LogP contribution in [0.2, 0.25) is 0 Å². The first-order valence-electron chi connectivity index (χ1n) is 11.6. The quantitative estimate of drug-likeness (QED) is 0.835. The van der Waals surface area contributed by atoms with Crippen LogP contribution in [0.3, 0.4) is 0 Å². The number of likely N-dealkylation sites (tertiary alicyclic amines) is 1. The van der Waals surface area contributed by atoms with Crippen LogP contribution < -0.4 is 5.32 Å². The van der Waals surface area contributed by atoms with E-state index < -0.39 is 0 Å². The molecule has 0 saturated carbocycles. The first kappa shape index (κ1) is 19.8. The fraction of sp³-hybridized carbons (Fsp3) is 0.500. The van der Waals surface area contributed by atoms with Crippen molar-refractivity contribution in [2.24, 2.45) is 0 Å². The molecular weight excluding hydrogens is 370 g/mol. The van der Waals surface area contributed by atoms with Gasteiger partial charge in [-0.25, -0.2) is 0 Å². The topological polar surface area (TPSA) is 35.6 Å². The highest BCUT2D eigenvalue weighted by Gasteiger charge is 2.34. The lowest BCUT2D eigenvalue weighted by Crippen LogP contribution is -2.46. The monoisotopic (exact) mass is 403 g/mol. The average Bonchev–Trinajstić information content (AvgIpc) is 3.12. The van der Waals surface area contributed by atoms with Crippen LogP contribution in [0.25, 0.3) is 0 Å². The van der Waals surface area contributed by atoms with Crippen molar-refractivity contribution in [1.82, 2.24) is 15.1 Å². The molecule has 1 N–H and O–H groups in total. The van der Waals surface area contributed by atoms with Gasteiger partial charge in [0.2, 0.25) is 0 Å². The Morgan fingerprint density at radius 1 is 1.03 bits per heavy atom. The number of hydrogen-bond acceptors (Lipinski definition) is 3. The molecule has 1 amide bonds. The predicted molar refractivity (Wildman–Crippen MR) is 121 cm³/mol. The summed E-state index contributed by atoms with van der Waals surface area (Å²) < 4.78 is 0. The van der Waals surface area contributed by atoms with Gasteiger partial charge in [-0.2, -0.15) is 0 Å². The van der Waals surface area contributed by atoms with E-state index in [2.05, 4.69) is 64.5 Å². The molecule has 3 aliphatic rings. The van der Waals surface area contributed by atoms with Gasteiger partial charge in [-0.15, -0.1) is 0 Å². The van der Waals surface area contributed by atoms with Gasteiger partial charge in [0.15, 0.2) is 0 Å². The predicted octanol–water partition coefficient (Wildman–Crippen LogP) is 4.08. The van der Waals surface area contributed by atoms with Crippen molar-refractivity contribution < 1.29 is 4.79 Å².